The van der Waals surface area contributed by atoms with Crippen molar-refractivity contribution in [2.45, 2.75) is 19.5 Å². The molecule has 28 heavy (non-hydrogen) atoms. The van der Waals surface area contributed by atoms with Gasteiger partial charge in [0.15, 0.2) is 11.5 Å². The van der Waals surface area contributed by atoms with Crippen molar-refractivity contribution in [2.75, 3.05) is 12.4 Å². The second-order valence-electron chi connectivity index (χ2n) is 6.38. The van der Waals surface area contributed by atoms with E-state index in [1.807, 2.05) is 47.0 Å². The maximum absolute atomic E-state index is 6.23. The molecule has 142 valence electrons. The number of nitrogens with zero attached hydrogens (tertiary/aromatic N) is 4. The van der Waals surface area contributed by atoms with Gasteiger partial charge in [-0.3, -0.25) is 0 Å². The average Bonchev–Trinajstić information content (AvgIpc) is 3.15. The normalized spacial score (nSPS) is 10.9. The molecule has 0 aliphatic carbocycles. The number of anilines is 1. The summed E-state index contributed by atoms with van der Waals surface area (Å²) in [5.41, 5.74) is 3.76. The molecule has 0 saturated carbocycles. The topological polar surface area (TPSA) is 64.9 Å². The first-order valence-corrected chi connectivity index (χ1v) is 9.38. The van der Waals surface area contributed by atoms with Gasteiger partial charge >= 0.3 is 0 Å². The lowest BCUT2D eigenvalue weighted by molar-refractivity contribution is 0.414. The van der Waals surface area contributed by atoms with Crippen LogP contribution in [0.1, 0.15) is 11.1 Å². The number of aromatic nitrogens is 4. The predicted molar refractivity (Wildman–Crippen MR) is 111 cm³/mol. The van der Waals surface area contributed by atoms with Crippen molar-refractivity contribution < 1.29 is 4.74 Å². The van der Waals surface area contributed by atoms with E-state index in [0.717, 1.165) is 40.5 Å². The number of fused-ring (bicyclic) bond motifs is 1. The minimum Gasteiger partial charge on any atom is -0.497 e. The van der Waals surface area contributed by atoms with Crippen LogP contribution >= 0.6 is 11.6 Å². The Hall–Kier alpha value is -3.12. The third-order valence-electron chi connectivity index (χ3n) is 4.58. The second-order valence-corrected chi connectivity index (χ2v) is 6.79. The Kier molecular flexibility index (Phi) is 5.39. The second kappa shape index (κ2) is 8.27. The smallest absolute Gasteiger partial charge is 0.165 e. The summed E-state index contributed by atoms with van der Waals surface area (Å²) >= 11 is 6.23. The lowest BCUT2D eigenvalue weighted by atomic mass is 10.1. The zero-order valence-corrected chi connectivity index (χ0v) is 16.2. The van der Waals surface area contributed by atoms with Crippen LogP contribution in [0.3, 0.4) is 0 Å². The summed E-state index contributed by atoms with van der Waals surface area (Å²) in [7, 11) is 1.68. The first-order chi connectivity index (χ1) is 13.7. The fourth-order valence-electron chi connectivity index (χ4n) is 3.07. The van der Waals surface area contributed by atoms with Crippen molar-refractivity contribution >= 4 is 28.6 Å². The van der Waals surface area contributed by atoms with Crippen molar-refractivity contribution in [3.8, 4) is 5.75 Å². The summed E-state index contributed by atoms with van der Waals surface area (Å²) in [6.45, 7) is 1.34. The van der Waals surface area contributed by atoms with Crippen LogP contribution < -0.4 is 10.1 Å². The minimum absolute atomic E-state index is 0.572. The number of halogens is 1. The largest absolute Gasteiger partial charge is 0.497 e. The first-order valence-electron chi connectivity index (χ1n) is 9.00. The molecule has 0 unspecified atom stereocenters. The molecule has 0 bridgehead atoms. The molecule has 7 heteroatoms. The fraction of sp³-hybridized carbons (Fsp3) is 0.190. The lowest BCUT2D eigenvalue weighted by Crippen LogP contribution is -2.04. The van der Waals surface area contributed by atoms with Gasteiger partial charge in [0.05, 0.1) is 13.4 Å². The van der Waals surface area contributed by atoms with E-state index in [1.165, 1.54) is 5.56 Å². The van der Waals surface area contributed by atoms with Crippen LogP contribution in [0.15, 0.2) is 61.2 Å². The van der Waals surface area contributed by atoms with E-state index in [9.17, 15) is 0 Å². The molecular formula is C21H20ClN5O. The summed E-state index contributed by atoms with van der Waals surface area (Å²) in [6, 6.07) is 15.8. The van der Waals surface area contributed by atoms with Crippen LogP contribution in [0, 0.1) is 0 Å². The molecule has 4 rings (SSSR count). The van der Waals surface area contributed by atoms with Gasteiger partial charge in [-0.2, -0.15) is 0 Å². The zero-order valence-electron chi connectivity index (χ0n) is 15.5. The van der Waals surface area contributed by atoms with Crippen molar-refractivity contribution in [2.24, 2.45) is 0 Å². The summed E-state index contributed by atoms with van der Waals surface area (Å²) in [6.07, 6.45) is 4.22. The van der Waals surface area contributed by atoms with Crippen molar-refractivity contribution in [1.29, 1.82) is 0 Å². The highest BCUT2D eigenvalue weighted by Gasteiger charge is 2.11. The molecule has 0 amide bonds. The summed E-state index contributed by atoms with van der Waals surface area (Å²) < 4.78 is 7.33. The molecule has 0 atom stereocenters. The van der Waals surface area contributed by atoms with Crippen LogP contribution in [-0.4, -0.2) is 26.6 Å². The molecule has 2 aromatic heterocycles. The number of benzene rings is 2. The molecule has 6 nitrogen and oxygen atoms in total. The van der Waals surface area contributed by atoms with E-state index in [2.05, 4.69) is 26.3 Å². The highest BCUT2D eigenvalue weighted by Crippen LogP contribution is 2.21. The van der Waals surface area contributed by atoms with Crippen molar-refractivity contribution in [3.63, 3.8) is 0 Å². The molecule has 2 aromatic carbocycles. The Morgan fingerprint density at radius 2 is 1.96 bits per heavy atom. The first kappa shape index (κ1) is 18.3. The molecule has 0 saturated heterocycles. The maximum atomic E-state index is 6.23. The van der Waals surface area contributed by atoms with Gasteiger partial charge < -0.3 is 14.6 Å². The quantitative estimate of drug-likeness (QED) is 0.506. The van der Waals surface area contributed by atoms with Crippen LogP contribution in [0.4, 0.5) is 5.82 Å². The van der Waals surface area contributed by atoms with Gasteiger partial charge in [-0.25, -0.2) is 15.0 Å². The van der Waals surface area contributed by atoms with Gasteiger partial charge in [-0.05, 0) is 35.7 Å². The van der Waals surface area contributed by atoms with Crippen molar-refractivity contribution in [3.05, 3.63) is 77.3 Å². The number of methoxy groups -OCH3 is 1. The number of aryl methyl sites for hydroxylation is 2. The Balaban J connectivity index is 1.50. The molecule has 4 aromatic rings. The number of nitrogens with one attached hydrogen (secondary N) is 1. The van der Waals surface area contributed by atoms with Crippen molar-refractivity contribution in [1.82, 2.24) is 19.5 Å². The van der Waals surface area contributed by atoms with Crippen LogP contribution in [-0.2, 0) is 19.5 Å². The maximum Gasteiger partial charge on any atom is 0.165 e. The molecule has 0 aliphatic rings. The predicted octanol–water partition coefficient (Wildman–Crippen LogP) is 4.34. The Labute approximate surface area is 168 Å². The molecule has 0 fully saturated rings. The van der Waals surface area contributed by atoms with E-state index in [4.69, 9.17) is 16.3 Å². The number of hydrogen-bond acceptors (Lipinski definition) is 5. The number of imidazole rings is 1. The molecule has 1 N–H and O–H groups in total. The number of hydrogen-bond donors (Lipinski definition) is 1. The van der Waals surface area contributed by atoms with Gasteiger partial charge in [-0.1, -0.05) is 41.9 Å². The van der Waals surface area contributed by atoms with Gasteiger partial charge in [0, 0.05) is 18.1 Å². The number of rotatable bonds is 7. The molecule has 0 spiro atoms. The average molecular weight is 394 g/mol. The van der Waals surface area contributed by atoms with Crippen LogP contribution in [0.25, 0.3) is 11.2 Å². The summed E-state index contributed by atoms with van der Waals surface area (Å²) in [5.74, 6) is 1.56. The van der Waals surface area contributed by atoms with E-state index in [1.54, 1.807) is 19.8 Å². The van der Waals surface area contributed by atoms with E-state index >= 15 is 0 Å². The third-order valence-corrected chi connectivity index (χ3v) is 4.95. The summed E-state index contributed by atoms with van der Waals surface area (Å²) in [4.78, 5) is 13.3. The highest BCUT2D eigenvalue weighted by molar-refractivity contribution is 6.31. The van der Waals surface area contributed by atoms with Gasteiger partial charge in [-0.15, -0.1) is 0 Å². The SMILES string of the molecule is COc1cccc(CCn2cnc3c(NCc4ccccc4Cl)ncnc32)c1. The fourth-order valence-corrected chi connectivity index (χ4v) is 3.27. The molecule has 0 aliphatic heterocycles. The zero-order chi connectivity index (χ0) is 19.3. The Bertz CT molecular complexity index is 1100. The molecule has 2 heterocycles. The van der Waals surface area contributed by atoms with Crippen LogP contribution in [0.2, 0.25) is 5.02 Å². The van der Waals surface area contributed by atoms with Gasteiger partial charge in [0.1, 0.15) is 17.6 Å². The van der Waals surface area contributed by atoms with E-state index < -0.39 is 0 Å². The minimum atomic E-state index is 0.572. The van der Waals surface area contributed by atoms with E-state index in [0.29, 0.717) is 12.4 Å². The Morgan fingerprint density at radius 1 is 1.07 bits per heavy atom. The lowest BCUT2D eigenvalue weighted by Gasteiger charge is -2.08. The third kappa shape index (κ3) is 3.92. The van der Waals surface area contributed by atoms with Gasteiger partial charge in [0.25, 0.3) is 0 Å². The Morgan fingerprint density at radius 3 is 2.82 bits per heavy atom. The molecular weight excluding hydrogens is 374 g/mol. The monoisotopic (exact) mass is 393 g/mol. The number of ether oxygens (including phenoxy) is 1. The molecule has 0 radical (unpaired) electrons. The van der Waals surface area contributed by atoms with E-state index in [-0.39, 0.29) is 0 Å². The van der Waals surface area contributed by atoms with Gasteiger partial charge in [0.2, 0.25) is 0 Å². The standard InChI is InChI=1S/C21H20ClN5O/c1-28-17-7-4-5-15(11-17)9-10-27-14-26-19-20(24-13-25-21(19)27)23-12-16-6-2-3-8-18(16)22/h2-8,11,13-14H,9-10,12H2,1H3,(H,23,24,25). The van der Waals surface area contributed by atoms with Crippen LogP contribution in [0.5, 0.6) is 5.75 Å². The highest BCUT2D eigenvalue weighted by atomic mass is 35.5. The summed E-state index contributed by atoms with van der Waals surface area (Å²) in [5, 5.41) is 4.05.